The summed E-state index contributed by atoms with van der Waals surface area (Å²) < 4.78 is 12.4. The van der Waals surface area contributed by atoms with Crippen molar-refractivity contribution in [1.29, 1.82) is 0 Å². The number of rotatable bonds is 8. The van der Waals surface area contributed by atoms with Gasteiger partial charge in [0, 0.05) is 22.9 Å². The lowest BCUT2D eigenvalue weighted by molar-refractivity contribution is -0.102. The zero-order valence-electron chi connectivity index (χ0n) is 18.5. The number of ether oxygens (including phenoxy) is 2. The predicted molar refractivity (Wildman–Crippen MR) is 119 cm³/mol. The summed E-state index contributed by atoms with van der Waals surface area (Å²) >= 11 is 0. The summed E-state index contributed by atoms with van der Waals surface area (Å²) in [6.07, 6.45) is 13.9. The summed E-state index contributed by atoms with van der Waals surface area (Å²) in [7, 11) is 3.97. The van der Waals surface area contributed by atoms with Crippen molar-refractivity contribution in [3.8, 4) is 11.5 Å². The molecule has 1 fully saturated rings. The maximum atomic E-state index is 11.9. The molecule has 5 atom stereocenters. The van der Waals surface area contributed by atoms with Crippen LogP contribution in [0.5, 0.6) is 11.5 Å². The maximum absolute atomic E-state index is 11.9. The summed E-state index contributed by atoms with van der Waals surface area (Å²) in [6, 6.07) is 4.75. The molecule has 30 heavy (non-hydrogen) atoms. The maximum Gasteiger partial charge on any atom is 0.165 e. The number of hydrogen-bond donors (Lipinski definition) is 1. The van der Waals surface area contributed by atoms with Gasteiger partial charge in [-0.15, -0.1) is 0 Å². The van der Waals surface area contributed by atoms with Gasteiger partial charge in [0.1, 0.15) is 11.7 Å². The van der Waals surface area contributed by atoms with Crippen LogP contribution in [0.25, 0.3) is 0 Å². The first-order valence-corrected chi connectivity index (χ1v) is 11.8. The largest absolute Gasteiger partial charge is 0.493 e. The molecule has 0 amide bonds. The lowest BCUT2D eigenvalue weighted by Gasteiger charge is -2.58. The molecule has 2 bridgehead atoms. The van der Waals surface area contributed by atoms with E-state index < -0.39 is 5.60 Å². The van der Waals surface area contributed by atoms with E-state index in [4.69, 9.17) is 9.47 Å². The Kier molecular flexibility index (Phi) is 5.14. The first-order chi connectivity index (χ1) is 14.5. The van der Waals surface area contributed by atoms with E-state index in [2.05, 4.69) is 37.1 Å². The molecule has 4 nitrogen and oxygen atoms in total. The number of piperidine rings is 1. The van der Waals surface area contributed by atoms with Crippen molar-refractivity contribution < 1.29 is 14.6 Å². The minimum atomic E-state index is -0.915. The number of benzene rings is 1. The van der Waals surface area contributed by atoms with E-state index in [1.165, 1.54) is 30.4 Å². The van der Waals surface area contributed by atoms with E-state index in [9.17, 15) is 5.11 Å². The molecule has 1 aromatic carbocycles. The van der Waals surface area contributed by atoms with Gasteiger partial charge in [0.15, 0.2) is 11.5 Å². The van der Waals surface area contributed by atoms with Crippen LogP contribution < -0.4 is 9.47 Å². The first kappa shape index (κ1) is 20.4. The summed E-state index contributed by atoms with van der Waals surface area (Å²) in [6.45, 7) is 4.98. The van der Waals surface area contributed by atoms with Crippen molar-refractivity contribution in [3.05, 3.63) is 42.3 Å². The number of methoxy groups -OCH3 is 1. The highest BCUT2D eigenvalue weighted by Crippen LogP contribution is 2.64. The molecule has 4 aliphatic rings. The molecule has 2 aliphatic carbocycles. The van der Waals surface area contributed by atoms with Gasteiger partial charge in [-0.05, 0) is 44.5 Å². The second kappa shape index (κ2) is 7.56. The second-order valence-corrected chi connectivity index (χ2v) is 9.92. The topological polar surface area (TPSA) is 41.9 Å². The molecule has 5 rings (SSSR count). The van der Waals surface area contributed by atoms with Crippen LogP contribution in [0.4, 0.5) is 0 Å². The molecule has 0 saturated carbocycles. The van der Waals surface area contributed by atoms with Crippen LogP contribution in [0.3, 0.4) is 0 Å². The Morgan fingerprint density at radius 3 is 2.83 bits per heavy atom. The van der Waals surface area contributed by atoms with Gasteiger partial charge >= 0.3 is 0 Å². The van der Waals surface area contributed by atoms with E-state index in [0.717, 1.165) is 56.6 Å². The first-order valence-electron chi connectivity index (χ1n) is 11.8. The van der Waals surface area contributed by atoms with Crippen LogP contribution in [0.1, 0.15) is 62.5 Å². The molecular formula is C26H36NO3. The summed E-state index contributed by atoms with van der Waals surface area (Å²) in [5.41, 5.74) is 1.67. The Labute approximate surface area is 181 Å². The van der Waals surface area contributed by atoms with Crippen molar-refractivity contribution in [2.75, 3.05) is 20.7 Å². The van der Waals surface area contributed by atoms with E-state index in [-0.39, 0.29) is 11.5 Å². The van der Waals surface area contributed by atoms with Crippen LogP contribution >= 0.6 is 0 Å². The van der Waals surface area contributed by atoms with Gasteiger partial charge in [0.2, 0.25) is 0 Å². The normalized spacial score (nSPS) is 35.8. The number of likely N-dealkylation sites (N-methyl/N-ethyl adjacent to an activating group) is 1. The van der Waals surface area contributed by atoms with Crippen molar-refractivity contribution in [1.82, 2.24) is 4.90 Å². The molecular weight excluding hydrogens is 374 g/mol. The van der Waals surface area contributed by atoms with Crippen molar-refractivity contribution in [3.63, 3.8) is 0 Å². The highest BCUT2D eigenvalue weighted by atomic mass is 16.5. The molecule has 1 radical (unpaired) electrons. The Morgan fingerprint density at radius 1 is 1.23 bits per heavy atom. The number of aliphatic hydroxyl groups is 1. The summed E-state index contributed by atoms with van der Waals surface area (Å²) in [5.74, 6) is 2.09. The van der Waals surface area contributed by atoms with E-state index >= 15 is 0 Å². The average molecular weight is 411 g/mol. The fraction of sp³-hybridized carbons (Fsp3) is 0.654. The van der Waals surface area contributed by atoms with Gasteiger partial charge in [-0.3, -0.25) is 0 Å². The third-order valence-electron chi connectivity index (χ3n) is 8.35. The van der Waals surface area contributed by atoms with Gasteiger partial charge in [-0.25, -0.2) is 0 Å². The Bertz CT molecular complexity index is 836. The van der Waals surface area contributed by atoms with Gasteiger partial charge in [-0.2, -0.15) is 0 Å². The lowest BCUT2D eigenvalue weighted by atomic mass is 9.51. The van der Waals surface area contributed by atoms with Crippen LogP contribution in [-0.4, -0.2) is 48.5 Å². The lowest BCUT2D eigenvalue weighted by Crippen LogP contribution is -2.67. The number of unbranched alkanes of at least 4 members (excludes halogenated alkanes) is 5. The van der Waals surface area contributed by atoms with E-state index in [1.54, 1.807) is 7.11 Å². The van der Waals surface area contributed by atoms with Crippen LogP contribution in [0.2, 0.25) is 0 Å². The second-order valence-electron chi connectivity index (χ2n) is 9.92. The van der Waals surface area contributed by atoms with E-state index in [0.29, 0.717) is 12.0 Å². The standard InChI is InChI=1S/C26H36NO3/c1-4-5-6-7-8-9-13-25(28)14-12-19-20-17-18-10-11-21(29-3)23-22(18)26(19,24(25)30-23)15-16-27(20)2/h10-12,14,19-20,24,28H,1,4-9,13,15-17H2,2-3H3/t19-,20+,24-,25+,26-/m0/s1. The van der Waals surface area contributed by atoms with Crippen molar-refractivity contribution in [2.24, 2.45) is 5.92 Å². The highest BCUT2D eigenvalue weighted by molar-refractivity contribution is 5.62. The SMILES string of the molecule is [CH2]CCCCCCC[C@@]1(O)C=C[C@H]2[C@H]3Cc4ccc(OC)c5c4[C@@]2(CCN3C)[C@H]1O5. The smallest absolute Gasteiger partial charge is 0.165 e. The molecule has 0 aromatic heterocycles. The monoisotopic (exact) mass is 410 g/mol. The van der Waals surface area contributed by atoms with Crippen LogP contribution in [-0.2, 0) is 11.8 Å². The molecule has 0 unspecified atom stereocenters. The van der Waals surface area contributed by atoms with Crippen molar-refractivity contribution in [2.45, 2.75) is 80.9 Å². The zero-order chi connectivity index (χ0) is 20.9. The average Bonchev–Trinajstić information content (AvgIpc) is 3.11. The Hall–Kier alpha value is -1.52. The zero-order valence-corrected chi connectivity index (χ0v) is 18.5. The Morgan fingerprint density at radius 2 is 2.03 bits per heavy atom. The summed E-state index contributed by atoms with van der Waals surface area (Å²) in [5, 5.41) is 11.9. The third kappa shape index (κ3) is 2.79. The minimum Gasteiger partial charge on any atom is -0.493 e. The number of nitrogens with zero attached hydrogens (tertiary/aromatic N) is 1. The quantitative estimate of drug-likeness (QED) is 0.508. The number of likely N-dealkylation sites (tertiary alicyclic amines) is 1. The van der Waals surface area contributed by atoms with Gasteiger partial charge in [-0.1, -0.05) is 63.7 Å². The van der Waals surface area contributed by atoms with Gasteiger partial charge in [0.05, 0.1) is 7.11 Å². The summed E-state index contributed by atoms with van der Waals surface area (Å²) in [4.78, 5) is 2.51. The van der Waals surface area contributed by atoms with E-state index in [1.807, 2.05) is 6.07 Å². The molecule has 1 spiro atoms. The molecule has 1 N–H and O–H groups in total. The molecule has 1 aromatic rings. The van der Waals surface area contributed by atoms with Gasteiger partial charge in [0.25, 0.3) is 0 Å². The van der Waals surface area contributed by atoms with Crippen LogP contribution in [0.15, 0.2) is 24.3 Å². The van der Waals surface area contributed by atoms with Gasteiger partial charge < -0.3 is 19.5 Å². The minimum absolute atomic E-state index is 0.133. The fourth-order valence-electron chi connectivity index (χ4n) is 6.87. The Balaban J connectivity index is 1.50. The molecule has 4 heteroatoms. The molecule has 2 heterocycles. The highest BCUT2D eigenvalue weighted by Gasteiger charge is 2.67. The third-order valence-corrected chi connectivity index (χ3v) is 8.35. The number of hydrogen-bond acceptors (Lipinski definition) is 4. The van der Waals surface area contributed by atoms with Crippen LogP contribution in [0, 0.1) is 12.8 Å². The molecule has 163 valence electrons. The van der Waals surface area contributed by atoms with Crippen molar-refractivity contribution >= 4 is 0 Å². The molecule has 1 saturated heterocycles. The predicted octanol–water partition coefficient (Wildman–Crippen LogP) is 4.44. The fourth-order valence-corrected chi connectivity index (χ4v) is 6.87. The molecule has 2 aliphatic heterocycles.